The van der Waals surface area contributed by atoms with Crippen molar-refractivity contribution in [2.45, 2.75) is 57.9 Å². The second-order valence-electron chi connectivity index (χ2n) is 6.23. The van der Waals surface area contributed by atoms with E-state index in [1.54, 1.807) is 11.3 Å². The van der Waals surface area contributed by atoms with Crippen LogP contribution in [-0.2, 0) is 9.53 Å². The second kappa shape index (κ2) is 7.25. The van der Waals surface area contributed by atoms with Crippen molar-refractivity contribution in [3.63, 3.8) is 0 Å². The molecule has 118 valence electrons. The van der Waals surface area contributed by atoms with E-state index < -0.39 is 0 Å². The lowest BCUT2D eigenvalue weighted by molar-refractivity contribution is -0.144. The van der Waals surface area contributed by atoms with Crippen molar-refractivity contribution in [3.05, 3.63) is 20.3 Å². The Morgan fingerprint density at radius 3 is 2.67 bits per heavy atom. The van der Waals surface area contributed by atoms with E-state index in [1.807, 2.05) is 0 Å². The van der Waals surface area contributed by atoms with Gasteiger partial charge in [-0.25, -0.2) is 0 Å². The highest BCUT2D eigenvalue weighted by Gasteiger charge is 2.36. The highest BCUT2D eigenvalue weighted by atomic mass is 79.9. The van der Waals surface area contributed by atoms with Gasteiger partial charge in [-0.2, -0.15) is 0 Å². The van der Waals surface area contributed by atoms with E-state index in [0.29, 0.717) is 6.42 Å². The Kier molecular flexibility index (Phi) is 5.86. The zero-order chi connectivity index (χ0) is 15.5. The van der Waals surface area contributed by atoms with E-state index in [9.17, 15) is 4.79 Å². The molecule has 1 unspecified atom stereocenters. The average molecular weight is 374 g/mol. The first-order valence-electron chi connectivity index (χ1n) is 7.54. The molecule has 1 fully saturated rings. The van der Waals surface area contributed by atoms with Crippen LogP contribution in [0.2, 0.25) is 0 Å². The van der Waals surface area contributed by atoms with Gasteiger partial charge in [0, 0.05) is 10.9 Å². The quantitative estimate of drug-likeness (QED) is 0.759. The van der Waals surface area contributed by atoms with Gasteiger partial charge in [0.15, 0.2) is 0 Å². The number of nitrogens with two attached hydrogens (primary N) is 1. The topological polar surface area (TPSA) is 52.3 Å². The van der Waals surface area contributed by atoms with Gasteiger partial charge in [-0.15, -0.1) is 11.3 Å². The molecule has 1 aliphatic carbocycles. The number of aryl methyl sites for hydroxylation is 1. The summed E-state index contributed by atoms with van der Waals surface area (Å²) < 4.78 is 6.06. The van der Waals surface area contributed by atoms with E-state index in [4.69, 9.17) is 10.5 Å². The van der Waals surface area contributed by atoms with E-state index in [2.05, 4.69) is 28.9 Å². The standard InChI is InChI=1S/C16H24BrNO2S/c1-11-8-13(21-15(11)17)12(18)9-16(10-14(19)20-2)6-4-3-5-7-16/h8,12H,3-7,9-10,18H2,1-2H3. The van der Waals surface area contributed by atoms with Crippen LogP contribution in [0.25, 0.3) is 0 Å². The van der Waals surface area contributed by atoms with Crippen LogP contribution in [0.5, 0.6) is 0 Å². The minimum absolute atomic E-state index is 0.00255. The first kappa shape index (κ1) is 17.0. The molecular weight excluding hydrogens is 350 g/mol. The van der Waals surface area contributed by atoms with Gasteiger partial charge in [-0.1, -0.05) is 19.3 Å². The van der Waals surface area contributed by atoms with Gasteiger partial charge in [-0.3, -0.25) is 4.79 Å². The number of hydrogen-bond donors (Lipinski definition) is 1. The molecule has 1 aliphatic rings. The van der Waals surface area contributed by atoms with Gasteiger partial charge < -0.3 is 10.5 Å². The molecule has 1 atom stereocenters. The average Bonchev–Trinajstić information content (AvgIpc) is 2.79. The summed E-state index contributed by atoms with van der Waals surface area (Å²) in [5.74, 6) is -0.104. The smallest absolute Gasteiger partial charge is 0.306 e. The van der Waals surface area contributed by atoms with Crippen molar-refractivity contribution in [2.75, 3.05) is 7.11 Å². The molecule has 1 heterocycles. The number of methoxy groups -OCH3 is 1. The van der Waals surface area contributed by atoms with E-state index in [0.717, 1.165) is 23.0 Å². The monoisotopic (exact) mass is 373 g/mol. The Balaban J connectivity index is 2.12. The number of ether oxygens (including phenoxy) is 1. The molecule has 1 aromatic heterocycles. The summed E-state index contributed by atoms with van der Waals surface area (Å²) in [6, 6.07) is 2.16. The lowest BCUT2D eigenvalue weighted by Gasteiger charge is -2.38. The maximum atomic E-state index is 11.8. The lowest BCUT2D eigenvalue weighted by Crippen LogP contribution is -2.31. The van der Waals surface area contributed by atoms with Gasteiger partial charge in [0.1, 0.15) is 0 Å². The largest absolute Gasteiger partial charge is 0.469 e. The molecule has 1 aromatic rings. The molecular formula is C16H24BrNO2S. The molecule has 0 aromatic carbocycles. The minimum atomic E-state index is -0.104. The Labute approximate surface area is 139 Å². The first-order valence-corrected chi connectivity index (χ1v) is 9.15. The van der Waals surface area contributed by atoms with Crippen molar-refractivity contribution < 1.29 is 9.53 Å². The molecule has 1 saturated carbocycles. The van der Waals surface area contributed by atoms with Gasteiger partial charge in [0.25, 0.3) is 0 Å². The molecule has 2 N–H and O–H groups in total. The molecule has 0 spiro atoms. The maximum absolute atomic E-state index is 11.8. The Hall–Kier alpha value is -0.390. The Morgan fingerprint density at radius 1 is 1.48 bits per heavy atom. The van der Waals surface area contributed by atoms with E-state index in [-0.39, 0.29) is 17.4 Å². The maximum Gasteiger partial charge on any atom is 0.306 e. The zero-order valence-corrected chi connectivity index (χ0v) is 15.2. The Morgan fingerprint density at radius 2 is 2.14 bits per heavy atom. The minimum Gasteiger partial charge on any atom is -0.469 e. The summed E-state index contributed by atoms with van der Waals surface area (Å²) in [6.07, 6.45) is 7.19. The van der Waals surface area contributed by atoms with Gasteiger partial charge in [0.05, 0.1) is 17.3 Å². The van der Waals surface area contributed by atoms with E-state index >= 15 is 0 Å². The van der Waals surface area contributed by atoms with Crippen molar-refractivity contribution in [1.29, 1.82) is 0 Å². The van der Waals surface area contributed by atoms with Crippen LogP contribution in [-0.4, -0.2) is 13.1 Å². The fourth-order valence-corrected chi connectivity index (χ4v) is 4.94. The summed E-state index contributed by atoms with van der Waals surface area (Å²) in [6.45, 7) is 2.08. The number of esters is 1. The molecule has 0 aliphatic heterocycles. The SMILES string of the molecule is COC(=O)CC1(CC(N)c2cc(C)c(Br)s2)CCCCC1. The van der Waals surface area contributed by atoms with Crippen LogP contribution in [0.3, 0.4) is 0 Å². The van der Waals surface area contributed by atoms with Crippen LogP contribution in [0.4, 0.5) is 0 Å². The summed E-state index contributed by atoms with van der Waals surface area (Å²) in [5, 5.41) is 0. The third-order valence-corrected chi connectivity index (χ3v) is 6.82. The predicted octanol–water partition coefficient (Wildman–Crippen LogP) is 4.72. The van der Waals surface area contributed by atoms with Crippen molar-refractivity contribution in [2.24, 2.45) is 11.1 Å². The number of thiophene rings is 1. The van der Waals surface area contributed by atoms with Crippen molar-refractivity contribution in [3.8, 4) is 0 Å². The molecule has 3 nitrogen and oxygen atoms in total. The highest BCUT2D eigenvalue weighted by Crippen LogP contribution is 2.46. The molecule has 2 rings (SSSR count). The number of carbonyl (C=O) groups excluding carboxylic acids is 1. The van der Waals surface area contributed by atoms with Crippen LogP contribution in [0.1, 0.15) is 61.4 Å². The van der Waals surface area contributed by atoms with Crippen LogP contribution < -0.4 is 5.73 Å². The molecule has 0 amide bonds. The van der Waals surface area contributed by atoms with Gasteiger partial charge >= 0.3 is 5.97 Å². The summed E-state index contributed by atoms with van der Waals surface area (Å²) in [5.41, 5.74) is 7.70. The predicted molar refractivity (Wildman–Crippen MR) is 90.5 cm³/mol. The second-order valence-corrected chi connectivity index (χ2v) is 8.63. The molecule has 0 radical (unpaired) electrons. The third kappa shape index (κ3) is 4.30. The fraction of sp³-hybridized carbons (Fsp3) is 0.688. The summed E-state index contributed by atoms with van der Waals surface area (Å²) >= 11 is 5.27. The van der Waals surface area contributed by atoms with Crippen molar-refractivity contribution in [1.82, 2.24) is 0 Å². The number of halogens is 1. The first-order chi connectivity index (χ1) is 9.96. The summed E-state index contributed by atoms with van der Waals surface area (Å²) in [4.78, 5) is 13.0. The molecule has 21 heavy (non-hydrogen) atoms. The van der Waals surface area contributed by atoms with Crippen LogP contribution in [0, 0.1) is 12.3 Å². The highest BCUT2D eigenvalue weighted by molar-refractivity contribution is 9.11. The molecule has 0 bridgehead atoms. The summed E-state index contributed by atoms with van der Waals surface area (Å²) in [7, 11) is 1.47. The molecule has 0 saturated heterocycles. The fourth-order valence-electron chi connectivity index (χ4n) is 3.37. The van der Waals surface area contributed by atoms with Gasteiger partial charge in [-0.05, 0) is 59.2 Å². The van der Waals surface area contributed by atoms with Crippen LogP contribution >= 0.6 is 27.3 Å². The number of hydrogen-bond acceptors (Lipinski definition) is 4. The van der Waals surface area contributed by atoms with Crippen molar-refractivity contribution >= 4 is 33.2 Å². The van der Waals surface area contributed by atoms with Gasteiger partial charge in [0.2, 0.25) is 0 Å². The molecule has 5 heteroatoms. The lowest BCUT2D eigenvalue weighted by atomic mass is 9.68. The number of carbonyl (C=O) groups is 1. The zero-order valence-electron chi connectivity index (χ0n) is 12.8. The normalized spacial score (nSPS) is 19.2. The Bertz CT molecular complexity index is 475. The van der Waals surface area contributed by atoms with Crippen LogP contribution in [0.15, 0.2) is 9.85 Å². The van der Waals surface area contributed by atoms with E-state index in [1.165, 1.54) is 36.8 Å². The number of rotatable bonds is 5. The third-order valence-electron chi connectivity index (χ3n) is 4.56.